The number of alkyl halides is 1. The molecular formula is C10H11BrINO3. The molecule has 1 amide bonds. The van der Waals surface area contributed by atoms with E-state index < -0.39 is 0 Å². The third kappa shape index (κ3) is 3.24. The second-order valence-electron chi connectivity index (χ2n) is 2.87. The highest BCUT2D eigenvalue weighted by Gasteiger charge is 2.11. The molecule has 0 aromatic heterocycles. The van der Waals surface area contributed by atoms with E-state index in [0.717, 1.165) is 3.57 Å². The number of ether oxygens (including phenoxy) is 2. The fraction of sp³-hybridized carbons (Fsp3) is 0.300. The topological polar surface area (TPSA) is 47.6 Å². The summed E-state index contributed by atoms with van der Waals surface area (Å²) in [6.45, 7) is 0. The molecule has 0 heterocycles. The summed E-state index contributed by atoms with van der Waals surface area (Å²) in [5.41, 5.74) is 0.636. The van der Waals surface area contributed by atoms with Gasteiger partial charge in [0.05, 0.1) is 28.8 Å². The monoisotopic (exact) mass is 399 g/mol. The predicted octanol–water partition coefficient (Wildman–Crippen LogP) is 2.64. The highest BCUT2D eigenvalue weighted by Crippen LogP contribution is 2.33. The van der Waals surface area contributed by atoms with Crippen molar-refractivity contribution in [2.75, 3.05) is 24.9 Å². The van der Waals surface area contributed by atoms with Crippen LogP contribution in [0.5, 0.6) is 11.5 Å². The van der Waals surface area contributed by atoms with E-state index in [0.29, 0.717) is 17.2 Å². The maximum atomic E-state index is 11.3. The van der Waals surface area contributed by atoms with E-state index in [-0.39, 0.29) is 11.2 Å². The molecule has 0 aliphatic heterocycles. The largest absolute Gasteiger partial charge is 0.496 e. The lowest BCUT2D eigenvalue weighted by Gasteiger charge is -2.12. The zero-order valence-corrected chi connectivity index (χ0v) is 12.6. The van der Waals surface area contributed by atoms with Crippen LogP contribution in [-0.4, -0.2) is 25.5 Å². The lowest BCUT2D eigenvalue weighted by Crippen LogP contribution is -2.13. The van der Waals surface area contributed by atoms with Crippen LogP contribution in [0.2, 0.25) is 0 Å². The van der Waals surface area contributed by atoms with Crippen molar-refractivity contribution < 1.29 is 14.3 Å². The summed E-state index contributed by atoms with van der Waals surface area (Å²) < 4.78 is 11.2. The molecule has 0 unspecified atom stereocenters. The Kier molecular flexibility index (Phi) is 5.33. The van der Waals surface area contributed by atoms with Crippen LogP contribution in [0.15, 0.2) is 12.1 Å². The first-order chi connectivity index (χ1) is 7.62. The van der Waals surface area contributed by atoms with Gasteiger partial charge in [0.1, 0.15) is 11.5 Å². The van der Waals surface area contributed by atoms with Gasteiger partial charge in [-0.25, -0.2) is 0 Å². The highest BCUT2D eigenvalue weighted by atomic mass is 127. The van der Waals surface area contributed by atoms with Gasteiger partial charge in [-0.05, 0) is 28.7 Å². The van der Waals surface area contributed by atoms with Gasteiger partial charge in [0, 0.05) is 6.07 Å². The number of hydrogen-bond acceptors (Lipinski definition) is 3. The first-order valence-corrected chi connectivity index (χ1v) is 6.59. The van der Waals surface area contributed by atoms with Gasteiger partial charge < -0.3 is 14.8 Å². The summed E-state index contributed by atoms with van der Waals surface area (Å²) in [5.74, 6) is 1.17. The Labute approximate surface area is 116 Å². The fourth-order valence-electron chi connectivity index (χ4n) is 1.14. The first kappa shape index (κ1) is 13.6. The van der Waals surface area contributed by atoms with Crippen molar-refractivity contribution in [3.8, 4) is 11.5 Å². The maximum Gasteiger partial charge on any atom is 0.235 e. The SMILES string of the molecule is COc1cc(OC)c(NC(=O)CBr)cc1I. The molecule has 0 saturated carbocycles. The molecule has 6 heteroatoms. The van der Waals surface area contributed by atoms with Crippen LogP contribution in [0, 0.1) is 3.57 Å². The summed E-state index contributed by atoms with van der Waals surface area (Å²) in [4.78, 5) is 11.3. The number of benzene rings is 1. The van der Waals surface area contributed by atoms with Gasteiger partial charge in [-0.1, -0.05) is 15.9 Å². The quantitative estimate of drug-likeness (QED) is 0.625. The molecule has 0 spiro atoms. The summed E-state index contributed by atoms with van der Waals surface area (Å²) >= 11 is 5.22. The molecule has 0 radical (unpaired) electrons. The van der Waals surface area contributed by atoms with Crippen LogP contribution >= 0.6 is 38.5 Å². The summed E-state index contributed by atoms with van der Waals surface area (Å²) in [5, 5.41) is 2.98. The number of amides is 1. The molecule has 0 bridgehead atoms. The fourth-order valence-corrected chi connectivity index (χ4v) is 1.97. The van der Waals surface area contributed by atoms with Gasteiger partial charge in [0.25, 0.3) is 0 Å². The van der Waals surface area contributed by atoms with Crippen molar-refractivity contribution in [2.45, 2.75) is 0 Å². The standard InChI is InChI=1S/C10H11BrINO3/c1-15-8-4-9(16-2)7(3-6(8)12)13-10(14)5-11/h3-4H,5H2,1-2H3,(H,13,14). The van der Waals surface area contributed by atoms with Crippen molar-refractivity contribution in [3.05, 3.63) is 15.7 Å². The average Bonchev–Trinajstić information content (AvgIpc) is 2.29. The van der Waals surface area contributed by atoms with E-state index >= 15 is 0 Å². The smallest absolute Gasteiger partial charge is 0.235 e. The zero-order chi connectivity index (χ0) is 12.1. The van der Waals surface area contributed by atoms with Crippen molar-refractivity contribution in [2.24, 2.45) is 0 Å². The van der Waals surface area contributed by atoms with Crippen LogP contribution in [0.1, 0.15) is 0 Å². The van der Waals surface area contributed by atoms with E-state index in [9.17, 15) is 4.79 Å². The molecule has 1 aromatic carbocycles. The third-order valence-corrected chi connectivity index (χ3v) is 3.22. The summed E-state index contributed by atoms with van der Waals surface area (Å²) in [6, 6.07) is 3.55. The van der Waals surface area contributed by atoms with Crippen molar-refractivity contribution >= 4 is 50.1 Å². The molecule has 4 nitrogen and oxygen atoms in total. The summed E-state index contributed by atoms with van der Waals surface area (Å²) in [7, 11) is 3.14. The minimum atomic E-state index is -0.126. The van der Waals surface area contributed by atoms with Gasteiger partial charge in [-0.15, -0.1) is 0 Å². The van der Waals surface area contributed by atoms with E-state index in [1.807, 2.05) is 0 Å². The number of hydrogen-bond donors (Lipinski definition) is 1. The molecular weight excluding hydrogens is 389 g/mol. The average molecular weight is 400 g/mol. The minimum Gasteiger partial charge on any atom is -0.496 e. The predicted molar refractivity (Wildman–Crippen MR) is 74.7 cm³/mol. The molecule has 1 aromatic rings. The van der Waals surface area contributed by atoms with Crippen LogP contribution in [0.4, 0.5) is 5.69 Å². The van der Waals surface area contributed by atoms with Crippen LogP contribution < -0.4 is 14.8 Å². The van der Waals surface area contributed by atoms with Crippen molar-refractivity contribution in [1.82, 2.24) is 0 Å². The van der Waals surface area contributed by atoms with Gasteiger partial charge in [-0.3, -0.25) is 4.79 Å². The normalized spacial score (nSPS) is 9.75. The minimum absolute atomic E-state index is 0.126. The molecule has 0 fully saturated rings. The Morgan fingerprint density at radius 2 is 2.00 bits per heavy atom. The van der Waals surface area contributed by atoms with Gasteiger partial charge >= 0.3 is 0 Å². The Bertz CT molecular complexity index is 398. The Balaban J connectivity index is 3.08. The van der Waals surface area contributed by atoms with Gasteiger partial charge in [-0.2, -0.15) is 0 Å². The van der Waals surface area contributed by atoms with Crippen LogP contribution in [0.25, 0.3) is 0 Å². The maximum absolute atomic E-state index is 11.3. The van der Waals surface area contributed by atoms with Gasteiger partial charge in [0.15, 0.2) is 0 Å². The number of carbonyl (C=O) groups excluding carboxylic acids is 1. The van der Waals surface area contributed by atoms with E-state index in [2.05, 4.69) is 43.8 Å². The molecule has 0 aliphatic carbocycles. The lowest BCUT2D eigenvalue weighted by atomic mass is 10.2. The first-order valence-electron chi connectivity index (χ1n) is 4.39. The number of nitrogens with one attached hydrogen (secondary N) is 1. The molecule has 1 rings (SSSR count). The van der Waals surface area contributed by atoms with Gasteiger partial charge in [0.2, 0.25) is 5.91 Å². The third-order valence-electron chi connectivity index (χ3n) is 1.87. The molecule has 1 N–H and O–H groups in total. The summed E-state index contributed by atoms with van der Waals surface area (Å²) in [6.07, 6.45) is 0. The van der Waals surface area contributed by atoms with Crippen molar-refractivity contribution in [1.29, 1.82) is 0 Å². The molecule has 0 atom stereocenters. The lowest BCUT2D eigenvalue weighted by molar-refractivity contribution is -0.113. The van der Waals surface area contributed by atoms with Crippen LogP contribution in [-0.2, 0) is 4.79 Å². The zero-order valence-electron chi connectivity index (χ0n) is 8.84. The number of methoxy groups -OCH3 is 2. The number of halogens is 2. The second kappa shape index (κ2) is 6.29. The van der Waals surface area contributed by atoms with E-state index in [4.69, 9.17) is 9.47 Å². The molecule has 88 valence electrons. The Hall–Kier alpha value is -0.500. The van der Waals surface area contributed by atoms with Crippen LogP contribution in [0.3, 0.4) is 0 Å². The molecule has 0 aliphatic rings. The molecule has 0 saturated heterocycles. The Morgan fingerprint density at radius 1 is 1.38 bits per heavy atom. The number of anilines is 1. The molecule has 16 heavy (non-hydrogen) atoms. The van der Waals surface area contributed by atoms with E-state index in [1.54, 1.807) is 26.4 Å². The van der Waals surface area contributed by atoms with E-state index in [1.165, 1.54) is 0 Å². The second-order valence-corrected chi connectivity index (χ2v) is 4.59. The number of carbonyl (C=O) groups is 1. The Morgan fingerprint density at radius 3 is 2.50 bits per heavy atom. The highest BCUT2D eigenvalue weighted by molar-refractivity contribution is 14.1. The van der Waals surface area contributed by atoms with Crippen molar-refractivity contribution in [3.63, 3.8) is 0 Å². The number of rotatable bonds is 4.